The van der Waals surface area contributed by atoms with Crippen molar-refractivity contribution < 1.29 is 14.3 Å². The highest BCUT2D eigenvalue weighted by Gasteiger charge is 2.33. The second-order valence-electron chi connectivity index (χ2n) is 4.96. The van der Waals surface area contributed by atoms with Gasteiger partial charge < -0.3 is 15.8 Å². The molecule has 0 radical (unpaired) electrons. The number of nitrogens with one attached hydrogen (secondary N) is 2. The van der Waals surface area contributed by atoms with Crippen LogP contribution in [0, 0.1) is 0 Å². The third-order valence-electron chi connectivity index (χ3n) is 3.31. The van der Waals surface area contributed by atoms with Gasteiger partial charge in [0, 0.05) is 11.8 Å². The summed E-state index contributed by atoms with van der Waals surface area (Å²) in [4.78, 5) is 22.9. The van der Waals surface area contributed by atoms with E-state index in [0.717, 1.165) is 25.0 Å². The number of hydrogen-bond acceptors (Lipinski definition) is 4. The molecule has 0 unspecified atom stereocenters. The third-order valence-corrected chi connectivity index (χ3v) is 3.31. The number of rotatable bonds is 6. The molecule has 0 spiro atoms. The summed E-state index contributed by atoms with van der Waals surface area (Å²) in [5, 5.41) is 9.60. The molecule has 1 aliphatic rings. The van der Waals surface area contributed by atoms with E-state index in [1.807, 2.05) is 6.07 Å². The van der Waals surface area contributed by atoms with Crippen LogP contribution in [0.2, 0.25) is 0 Å². The van der Waals surface area contributed by atoms with Gasteiger partial charge in [-0.15, -0.1) is 0 Å². The SMILES string of the molecule is CCCCc1cc(NC(=O)[C@H]2CC[C@H](C(N)=O)O2)n[nH]1. The number of H-pyrrole nitrogens is 1. The lowest BCUT2D eigenvalue weighted by atomic mass is 10.2. The highest BCUT2D eigenvalue weighted by atomic mass is 16.5. The summed E-state index contributed by atoms with van der Waals surface area (Å²) in [5.41, 5.74) is 6.14. The molecule has 1 fully saturated rings. The van der Waals surface area contributed by atoms with E-state index in [4.69, 9.17) is 10.5 Å². The van der Waals surface area contributed by atoms with Crippen molar-refractivity contribution in [2.45, 2.75) is 51.2 Å². The Kier molecular flexibility index (Phi) is 4.73. The van der Waals surface area contributed by atoms with E-state index >= 15 is 0 Å². The number of carbonyl (C=O) groups excluding carboxylic acids is 2. The molecular weight excluding hydrogens is 260 g/mol. The van der Waals surface area contributed by atoms with Crippen LogP contribution in [0.25, 0.3) is 0 Å². The number of nitrogens with zero attached hydrogens (tertiary/aromatic N) is 1. The van der Waals surface area contributed by atoms with Crippen LogP contribution in [0.5, 0.6) is 0 Å². The van der Waals surface area contributed by atoms with E-state index in [2.05, 4.69) is 22.4 Å². The van der Waals surface area contributed by atoms with Gasteiger partial charge in [0.15, 0.2) is 5.82 Å². The van der Waals surface area contributed by atoms with Crippen LogP contribution < -0.4 is 11.1 Å². The van der Waals surface area contributed by atoms with Crippen molar-refractivity contribution in [2.24, 2.45) is 5.73 Å². The molecule has 1 aromatic rings. The van der Waals surface area contributed by atoms with Crippen molar-refractivity contribution in [1.82, 2.24) is 10.2 Å². The Morgan fingerprint density at radius 1 is 1.50 bits per heavy atom. The van der Waals surface area contributed by atoms with Crippen molar-refractivity contribution in [3.05, 3.63) is 11.8 Å². The van der Waals surface area contributed by atoms with Gasteiger partial charge in [0.05, 0.1) is 0 Å². The fourth-order valence-corrected chi connectivity index (χ4v) is 2.17. The quantitative estimate of drug-likeness (QED) is 0.713. The summed E-state index contributed by atoms with van der Waals surface area (Å²) in [7, 11) is 0. The molecule has 2 heterocycles. The molecule has 0 aromatic carbocycles. The van der Waals surface area contributed by atoms with E-state index in [-0.39, 0.29) is 5.91 Å². The van der Waals surface area contributed by atoms with E-state index in [0.29, 0.717) is 18.7 Å². The zero-order valence-corrected chi connectivity index (χ0v) is 11.5. The summed E-state index contributed by atoms with van der Waals surface area (Å²) in [6.07, 6.45) is 2.76. The van der Waals surface area contributed by atoms with Gasteiger partial charge in [-0.05, 0) is 25.7 Å². The van der Waals surface area contributed by atoms with Crippen LogP contribution in [0.4, 0.5) is 5.82 Å². The fourth-order valence-electron chi connectivity index (χ4n) is 2.17. The zero-order chi connectivity index (χ0) is 14.5. The average Bonchev–Trinajstić information content (AvgIpc) is 3.05. The van der Waals surface area contributed by atoms with Crippen LogP contribution in [0.15, 0.2) is 6.07 Å². The number of amides is 2. The van der Waals surface area contributed by atoms with E-state index in [1.54, 1.807) is 0 Å². The minimum absolute atomic E-state index is 0.290. The number of nitrogens with two attached hydrogens (primary N) is 1. The number of carbonyl (C=O) groups is 2. The maximum Gasteiger partial charge on any atom is 0.254 e. The van der Waals surface area contributed by atoms with Gasteiger partial charge in [0.25, 0.3) is 5.91 Å². The number of aromatic amines is 1. The van der Waals surface area contributed by atoms with Crippen molar-refractivity contribution in [3.63, 3.8) is 0 Å². The minimum atomic E-state index is -0.662. The summed E-state index contributed by atoms with van der Waals surface area (Å²) in [6.45, 7) is 2.12. The molecule has 0 bridgehead atoms. The first kappa shape index (κ1) is 14.5. The number of aromatic nitrogens is 2. The van der Waals surface area contributed by atoms with Gasteiger partial charge in [0.2, 0.25) is 5.91 Å². The Morgan fingerprint density at radius 2 is 2.25 bits per heavy atom. The molecule has 1 aromatic heterocycles. The number of unbranched alkanes of at least 4 members (excludes halogenated alkanes) is 1. The van der Waals surface area contributed by atoms with E-state index < -0.39 is 18.1 Å². The van der Waals surface area contributed by atoms with Gasteiger partial charge in [-0.25, -0.2) is 0 Å². The molecule has 2 rings (SSSR count). The first-order chi connectivity index (χ1) is 9.60. The van der Waals surface area contributed by atoms with Crippen LogP contribution in [0.1, 0.15) is 38.3 Å². The smallest absolute Gasteiger partial charge is 0.254 e. The number of primary amides is 1. The fraction of sp³-hybridized carbons (Fsp3) is 0.615. The summed E-state index contributed by atoms with van der Waals surface area (Å²) in [5.74, 6) is -0.337. The molecule has 20 heavy (non-hydrogen) atoms. The largest absolute Gasteiger partial charge is 0.367 e. The second kappa shape index (κ2) is 6.51. The standard InChI is InChI=1S/C13H20N4O3/c1-2-3-4-8-7-11(17-16-8)15-13(19)10-6-5-9(20-10)12(14)18/h7,9-10H,2-6H2,1H3,(H2,14,18)(H2,15,16,17,19)/t9-,10-/m1/s1. The lowest BCUT2D eigenvalue weighted by Gasteiger charge is -2.10. The normalized spacial score (nSPS) is 21.9. The predicted molar refractivity (Wildman–Crippen MR) is 72.9 cm³/mol. The van der Waals surface area contributed by atoms with Gasteiger partial charge in [-0.1, -0.05) is 13.3 Å². The van der Waals surface area contributed by atoms with Crippen LogP contribution in [-0.2, 0) is 20.7 Å². The maximum atomic E-state index is 12.0. The predicted octanol–water partition coefficient (Wildman–Crippen LogP) is 0.724. The molecule has 7 nitrogen and oxygen atoms in total. The van der Waals surface area contributed by atoms with Crippen LogP contribution in [0.3, 0.4) is 0 Å². The van der Waals surface area contributed by atoms with Crippen molar-refractivity contribution in [3.8, 4) is 0 Å². The van der Waals surface area contributed by atoms with Gasteiger partial charge in [-0.2, -0.15) is 5.10 Å². The Hall–Kier alpha value is -1.89. The third kappa shape index (κ3) is 3.57. The zero-order valence-electron chi connectivity index (χ0n) is 11.5. The van der Waals surface area contributed by atoms with Gasteiger partial charge in [-0.3, -0.25) is 14.7 Å². The van der Waals surface area contributed by atoms with Crippen molar-refractivity contribution >= 4 is 17.6 Å². The first-order valence-corrected chi connectivity index (χ1v) is 6.90. The molecule has 0 saturated carbocycles. The molecule has 0 aliphatic carbocycles. The lowest BCUT2D eigenvalue weighted by Crippen LogP contribution is -2.32. The lowest BCUT2D eigenvalue weighted by molar-refractivity contribution is -0.134. The summed E-state index contributed by atoms with van der Waals surface area (Å²) >= 11 is 0. The first-order valence-electron chi connectivity index (χ1n) is 6.90. The molecule has 2 amide bonds. The maximum absolute atomic E-state index is 12.0. The van der Waals surface area contributed by atoms with Crippen LogP contribution in [-0.4, -0.2) is 34.2 Å². The van der Waals surface area contributed by atoms with E-state index in [9.17, 15) is 9.59 Å². The molecule has 1 saturated heterocycles. The Labute approximate surface area is 117 Å². The Bertz CT molecular complexity index is 486. The molecular formula is C13H20N4O3. The number of hydrogen-bond donors (Lipinski definition) is 3. The topological polar surface area (TPSA) is 110 Å². The highest BCUT2D eigenvalue weighted by molar-refractivity contribution is 5.94. The summed E-state index contributed by atoms with van der Waals surface area (Å²) < 4.78 is 5.30. The van der Waals surface area contributed by atoms with E-state index in [1.165, 1.54) is 0 Å². The molecule has 4 N–H and O–H groups in total. The molecule has 110 valence electrons. The van der Waals surface area contributed by atoms with Crippen molar-refractivity contribution in [2.75, 3.05) is 5.32 Å². The number of ether oxygens (including phenoxy) is 1. The monoisotopic (exact) mass is 280 g/mol. The Balaban J connectivity index is 1.85. The van der Waals surface area contributed by atoms with Crippen LogP contribution >= 0.6 is 0 Å². The molecule has 7 heteroatoms. The molecule has 1 aliphatic heterocycles. The highest BCUT2D eigenvalue weighted by Crippen LogP contribution is 2.20. The average molecular weight is 280 g/mol. The van der Waals surface area contributed by atoms with Gasteiger partial charge in [0.1, 0.15) is 12.2 Å². The van der Waals surface area contributed by atoms with Crippen molar-refractivity contribution in [1.29, 1.82) is 0 Å². The second-order valence-corrected chi connectivity index (χ2v) is 4.96. The van der Waals surface area contributed by atoms with Gasteiger partial charge >= 0.3 is 0 Å². The Morgan fingerprint density at radius 3 is 2.90 bits per heavy atom. The molecule has 2 atom stereocenters. The number of anilines is 1. The summed E-state index contributed by atoms with van der Waals surface area (Å²) in [6, 6.07) is 1.81. The number of aryl methyl sites for hydroxylation is 1. The minimum Gasteiger partial charge on any atom is -0.367 e.